The van der Waals surface area contributed by atoms with Crippen molar-refractivity contribution in [1.82, 2.24) is 24.6 Å². The number of halogens is 1. The molecular formula is C29H28FN7O2. The van der Waals surface area contributed by atoms with E-state index in [1.54, 1.807) is 35.0 Å². The standard InChI is InChI=1S/C29H28FN7O2/c30-23-5-1-2-6-24(23)39-22-11-9-19(10-12-22)26-25-27(32)33-17-34-28(25)37(35-26)16-21-4-3-13-36(21)29(38)20(15-31)14-18-7-8-18/h1-2,5-6,9-12,14,17-18,21,29,38H,3-4,7-8,13,16H2,(H2,32,33,34)/b20-14-/t21-,29?/m1/s1. The summed E-state index contributed by atoms with van der Waals surface area (Å²) in [4.78, 5) is 10.6. The summed E-state index contributed by atoms with van der Waals surface area (Å²) < 4.78 is 21.5. The van der Waals surface area contributed by atoms with E-state index < -0.39 is 12.0 Å². The first-order valence-electron chi connectivity index (χ1n) is 13.1. The molecule has 2 aliphatic rings. The molecule has 2 fully saturated rings. The van der Waals surface area contributed by atoms with E-state index in [0.717, 1.165) is 31.2 Å². The molecule has 3 N–H and O–H groups in total. The van der Waals surface area contributed by atoms with Crippen LogP contribution in [0, 0.1) is 23.1 Å². The number of benzene rings is 2. The Bertz CT molecular complexity index is 1570. The summed E-state index contributed by atoms with van der Waals surface area (Å²) in [5.74, 6) is 0.908. The van der Waals surface area contributed by atoms with Gasteiger partial charge in [-0.25, -0.2) is 19.0 Å². The Labute approximate surface area is 225 Å². The maximum Gasteiger partial charge on any atom is 0.165 e. The monoisotopic (exact) mass is 525 g/mol. The summed E-state index contributed by atoms with van der Waals surface area (Å²) >= 11 is 0. The lowest BCUT2D eigenvalue weighted by Gasteiger charge is -2.29. The van der Waals surface area contributed by atoms with Crippen LogP contribution in [0.2, 0.25) is 0 Å². The van der Waals surface area contributed by atoms with Crippen molar-refractivity contribution < 1.29 is 14.2 Å². The number of para-hydroxylation sites is 1. The minimum Gasteiger partial charge on any atom is -0.454 e. The quantitative estimate of drug-likeness (QED) is 0.319. The molecule has 0 radical (unpaired) electrons. The first-order valence-corrected chi connectivity index (χ1v) is 13.1. The number of likely N-dealkylation sites (tertiary alicyclic amines) is 1. The Balaban J connectivity index is 1.28. The molecule has 4 aromatic rings. The first kappa shape index (κ1) is 25.0. The van der Waals surface area contributed by atoms with Crippen molar-refractivity contribution in [3.8, 4) is 28.8 Å². The van der Waals surface area contributed by atoms with E-state index in [1.165, 1.54) is 12.4 Å². The normalized spacial score (nSPS) is 18.8. The molecule has 1 saturated heterocycles. The van der Waals surface area contributed by atoms with Crippen LogP contribution in [0.25, 0.3) is 22.3 Å². The molecular weight excluding hydrogens is 497 g/mol. The zero-order valence-electron chi connectivity index (χ0n) is 21.2. The van der Waals surface area contributed by atoms with Gasteiger partial charge in [-0.15, -0.1) is 0 Å². The molecule has 39 heavy (non-hydrogen) atoms. The molecule has 198 valence electrons. The number of fused-ring (bicyclic) bond motifs is 1. The van der Waals surface area contributed by atoms with Crippen molar-refractivity contribution >= 4 is 16.9 Å². The molecule has 3 heterocycles. The summed E-state index contributed by atoms with van der Waals surface area (Å²) in [6, 6.07) is 15.6. The Hall–Kier alpha value is -4.33. The number of hydrogen-bond donors (Lipinski definition) is 2. The maximum absolute atomic E-state index is 14.0. The highest BCUT2D eigenvalue weighted by Crippen LogP contribution is 2.35. The second kappa shape index (κ2) is 10.4. The van der Waals surface area contributed by atoms with Gasteiger partial charge in [-0.1, -0.05) is 18.2 Å². The van der Waals surface area contributed by atoms with Gasteiger partial charge < -0.3 is 15.6 Å². The molecule has 0 spiro atoms. The Morgan fingerprint density at radius 1 is 1.18 bits per heavy atom. The maximum atomic E-state index is 14.0. The predicted molar refractivity (Wildman–Crippen MR) is 144 cm³/mol. The number of aliphatic hydroxyl groups excluding tert-OH is 1. The molecule has 2 aromatic heterocycles. The number of nitriles is 1. The lowest BCUT2D eigenvalue weighted by molar-refractivity contribution is 0.0210. The molecule has 1 unspecified atom stereocenters. The molecule has 2 atom stereocenters. The summed E-state index contributed by atoms with van der Waals surface area (Å²) in [7, 11) is 0. The average molecular weight is 526 g/mol. The zero-order valence-corrected chi connectivity index (χ0v) is 21.2. The fourth-order valence-electron chi connectivity index (χ4n) is 5.15. The van der Waals surface area contributed by atoms with Crippen LogP contribution in [-0.4, -0.2) is 48.6 Å². The van der Waals surface area contributed by atoms with Crippen molar-refractivity contribution in [3.63, 3.8) is 0 Å². The van der Waals surface area contributed by atoms with Gasteiger partial charge in [0.2, 0.25) is 0 Å². The van der Waals surface area contributed by atoms with Gasteiger partial charge in [0, 0.05) is 18.2 Å². The van der Waals surface area contributed by atoms with Crippen molar-refractivity contribution in [2.45, 2.75) is 44.5 Å². The first-order chi connectivity index (χ1) is 19.0. The number of rotatable bonds is 8. The second-order valence-electron chi connectivity index (χ2n) is 10.0. The van der Waals surface area contributed by atoms with Crippen molar-refractivity contribution in [1.29, 1.82) is 5.26 Å². The van der Waals surface area contributed by atoms with Crippen LogP contribution in [0.4, 0.5) is 10.2 Å². The van der Waals surface area contributed by atoms with Crippen LogP contribution in [0.1, 0.15) is 25.7 Å². The number of nitrogens with zero attached hydrogens (tertiary/aromatic N) is 6. The molecule has 0 amide bonds. The van der Waals surface area contributed by atoms with E-state index >= 15 is 0 Å². The number of nitrogen functional groups attached to an aromatic ring is 1. The highest BCUT2D eigenvalue weighted by molar-refractivity contribution is 5.98. The molecule has 1 aliphatic heterocycles. The third kappa shape index (κ3) is 5.06. The predicted octanol–water partition coefficient (Wildman–Crippen LogP) is 4.65. The van der Waals surface area contributed by atoms with E-state index in [1.807, 2.05) is 23.1 Å². The highest BCUT2D eigenvalue weighted by Gasteiger charge is 2.34. The number of anilines is 1. The van der Waals surface area contributed by atoms with Crippen molar-refractivity contribution in [3.05, 3.63) is 72.3 Å². The number of allylic oxidation sites excluding steroid dienone is 1. The lowest BCUT2D eigenvalue weighted by atomic mass is 10.1. The fraction of sp³-hybridized carbons (Fsp3) is 0.310. The van der Waals surface area contributed by atoms with E-state index in [2.05, 4.69) is 16.0 Å². The average Bonchev–Trinajstić information content (AvgIpc) is 3.52. The number of hydrogen-bond acceptors (Lipinski definition) is 8. The molecule has 2 aromatic carbocycles. The molecule has 0 bridgehead atoms. The topological polar surface area (TPSA) is 126 Å². The van der Waals surface area contributed by atoms with Crippen LogP contribution in [0.15, 0.2) is 66.5 Å². The smallest absolute Gasteiger partial charge is 0.165 e. The van der Waals surface area contributed by atoms with Crippen LogP contribution in [0.5, 0.6) is 11.5 Å². The van der Waals surface area contributed by atoms with Crippen LogP contribution in [-0.2, 0) is 6.54 Å². The molecule has 1 saturated carbocycles. The summed E-state index contributed by atoms with van der Waals surface area (Å²) in [5, 5.41) is 26.2. The van der Waals surface area contributed by atoms with Crippen LogP contribution in [0.3, 0.4) is 0 Å². The minimum absolute atomic E-state index is 0.0281. The van der Waals surface area contributed by atoms with E-state index in [-0.39, 0.29) is 11.8 Å². The Kier molecular flexibility index (Phi) is 6.69. The minimum atomic E-state index is -0.939. The SMILES string of the molecule is N#C/C(=C/C1CC1)C(O)N1CCC[C@@H]1Cn1nc(-c2ccc(Oc3ccccc3F)cc2)c2c(N)ncnc21. The molecule has 6 rings (SSSR count). The number of ether oxygens (including phenoxy) is 1. The van der Waals surface area contributed by atoms with Gasteiger partial charge in [0.15, 0.2) is 17.2 Å². The van der Waals surface area contributed by atoms with Gasteiger partial charge in [0.25, 0.3) is 0 Å². The summed E-state index contributed by atoms with van der Waals surface area (Å²) in [6.45, 7) is 1.17. The van der Waals surface area contributed by atoms with Gasteiger partial charge in [0.1, 0.15) is 29.8 Å². The van der Waals surface area contributed by atoms with Crippen molar-refractivity contribution in [2.75, 3.05) is 12.3 Å². The number of aliphatic hydroxyl groups is 1. The summed E-state index contributed by atoms with van der Waals surface area (Å²) in [5.41, 5.74) is 8.70. The zero-order chi connectivity index (χ0) is 26.9. The van der Waals surface area contributed by atoms with Gasteiger partial charge in [-0.05, 0) is 68.0 Å². The molecule has 9 nitrogen and oxygen atoms in total. The Morgan fingerprint density at radius 3 is 2.72 bits per heavy atom. The largest absolute Gasteiger partial charge is 0.454 e. The van der Waals surface area contributed by atoms with Crippen LogP contribution < -0.4 is 10.5 Å². The number of nitrogens with two attached hydrogens (primary N) is 1. The van der Waals surface area contributed by atoms with Crippen LogP contribution >= 0.6 is 0 Å². The summed E-state index contributed by atoms with van der Waals surface area (Å²) in [6.07, 6.45) is 6.30. The molecule has 1 aliphatic carbocycles. The highest BCUT2D eigenvalue weighted by atomic mass is 19.1. The van der Waals surface area contributed by atoms with E-state index in [0.29, 0.717) is 52.9 Å². The third-order valence-corrected chi connectivity index (χ3v) is 7.32. The van der Waals surface area contributed by atoms with Crippen molar-refractivity contribution in [2.24, 2.45) is 5.92 Å². The number of aromatic nitrogens is 4. The lowest BCUT2D eigenvalue weighted by Crippen LogP contribution is -2.42. The fourth-order valence-corrected chi connectivity index (χ4v) is 5.15. The molecule has 10 heteroatoms. The van der Waals surface area contributed by atoms with E-state index in [4.69, 9.17) is 15.6 Å². The Morgan fingerprint density at radius 2 is 1.97 bits per heavy atom. The second-order valence-corrected chi connectivity index (χ2v) is 10.0. The van der Waals surface area contributed by atoms with Gasteiger partial charge in [-0.2, -0.15) is 10.4 Å². The van der Waals surface area contributed by atoms with Gasteiger partial charge >= 0.3 is 0 Å². The third-order valence-electron chi connectivity index (χ3n) is 7.32. The van der Waals surface area contributed by atoms with E-state index in [9.17, 15) is 14.8 Å². The van der Waals surface area contributed by atoms with Gasteiger partial charge in [-0.3, -0.25) is 4.90 Å². The van der Waals surface area contributed by atoms with Gasteiger partial charge in [0.05, 0.1) is 23.6 Å².